The maximum Gasteiger partial charge on any atom is 0.230 e. The van der Waals surface area contributed by atoms with E-state index in [-0.39, 0.29) is 5.41 Å². The van der Waals surface area contributed by atoms with Crippen LogP contribution in [0.4, 0.5) is 0 Å². The van der Waals surface area contributed by atoms with Gasteiger partial charge in [0.1, 0.15) is 5.75 Å². The van der Waals surface area contributed by atoms with Crippen molar-refractivity contribution in [1.82, 2.24) is 9.80 Å². The average molecular weight is 288 g/mol. The Morgan fingerprint density at radius 2 is 2.24 bits per heavy atom. The molecule has 0 aromatic heterocycles. The van der Waals surface area contributed by atoms with Crippen molar-refractivity contribution in [2.45, 2.75) is 19.9 Å². The van der Waals surface area contributed by atoms with Gasteiger partial charge < -0.3 is 9.64 Å². The van der Waals surface area contributed by atoms with Crippen LogP contribution in [0.3, 0.4) is 0 Å². The fraction of sp³-hybridized carbons (Fsp3) is 0.588. The summed E-state index contributed by atoms with van der Waals surface area (Å²) in [6.07, 6.45) is 0.998. The van der Waals surface area contributed by atoms with Gasteiger partial charge in [-0.25, -0.2) is 0 Å². The zero-order chi connectivity index (χ0) is 15.0. The van der Waals surface area contributed by atoms with E-state index >= 15 is 0 Å². The molecule has 2 fully saturated rings. The Hall–Kier alpha value is -1.55. The van der Waals surface area contributed by atoms with Crippen LogP contribution >= 0.6 is 0 Å². The van der Waals surface area contributed by atoms with Crippen molar-refractivity contribution in [2.75, 3.05) is 33.8 Å². The molecule has 2 aliphatic rings. The quantitative estimate of drug-likeness (QED) is 0.853. The van der Waals surface area contributed by atoms with Crippen LogP contribution in [0.2, 0.25) is 0 Å². The van der Waals surface area contributed by atoms with Gasteiger partial charge in [0.2, 0.25) is 5.91 Å². The van der Waals surface area contributed by atoms with E-state index in [9.17, 15) is 4.79 Å². The summed E-state index contributed by atoms with van der Waals surface area (Å²) in [4.78, 5) is 16.8. The molecule has 1 aromatic rings. The molecule has 0 radical (unpaired) electrons. The van der Waals surface area contributed by atoms with Gasteiger partial charge in [-0.15, -0.1) is 0 Å². The number of amides is 1. The number of nitrogens with zero attached hydrogens (tertiary/aromatic N) is 2. The number of carbonyl (C=O) groups is 1. The standard InChI is InChI=1S/C17H24N2O2/c1-13-10-19(11-14-5-4-6-15(9-14)21-3)12-17(13)7-8-18(2)16(17)20/h4-6,9,13H,7-8,10-12H2,1-3H3/t13-,17-/m1/s1. The van der Waals surface area contributed by atoms with E-state index in [0.29, 0.717) is 11.8 Å². The monoisotopic (exact) mass is 288 g/mol. The van der Waals surface area contributed by atoms with E-state index in [4.69, 9.17) is 4.74 Å². The van der Waals surface area contributed by atoms with Crippen molar-refractivity contribution < 1.29 is 9.53 Å². The molecular formula is C17H24N2O2. The first-order valence-electron chi connectivity index (χ1n) is 7.66. The molecule has 2 atom stereocenters. The molecule has 1 spiro atoms. The molecule has 0 saturated carbocycles. The first-order chi connectivity index (χ1) is 10.0. The number of ether oxygens (including phenoxy) is 1. The van der Waals surface area contributed by atoms with Crippen LogP contribution in [-0.2, 0) is 11.3 Å². The SMILES string of the molecule is COc1cccc(CN2C[C@@H](C)[C@@]3(CCN(C)C3=O)C2)c1. The Morgan fingerprint density at radius 3 is 2.90 bits per heavy atom. The van der Waals surface area contributed by atoms with Gasteiger partial charge in [0.05, 0.1) is 12.5 Å². The highest BCUT2D eigenvalue weighted by molar-refractivity contribution is 5.85. The van der Waals surface area contributed by atoms with Gasteiger partial charge in [-0.2, -0.15) is 0 Å². The van der Waals surface area contributed by atoms with E-state index in [1.54, 1.807) is 7.11 Å². The topological polar surface area (TPSA) is 32.8 Å². The summed E-state index contributed by atoms with van der Waals surface area (Å²) in [5.74, 6) is 1.66. The molecule has 3 rings (SSSR count). The van der Waals surface area contributed by atoms with Gasteiger partial charge in [-0.05, 0) is 30.0 Å². The van der Waals surface area contributed by atoms with Crippen molar-refractivity contribution in [2.24, 2.45) is 11.3 Å². The number of rotatable bonds is 3. The molecule has 0 aliphatic carbocycles. The van der Waals surface area contributed by atoms with E-state index in [2.05, 4.69) is 24.0 Å². The molecule has 114 valence electrons. The Labute approximate surface area is 126 Å². The highest BCUT2D eigenvalue weighted by atomic mass is 16.5. The molecule has 4 nitrogen and oxygen atoms in total. The van der Waals surface area contributed by atoms with Crippen molar-refractivity contribution in [3.63, 3.8) is 0 Å². The zero-order valence-electron chi connectivity index (χ0n) is 13.1. The summed E-state index contributed by atoms with van der Waals surface area (Å²) >= 11 is 0. The van der Waals surface area contributed by atoms with Gasteiger partial charge in [0.15, 0.2) is 0 Å². The van der Waals surface area contributed by atoms with Gasteiger partial charge in [-0.3, -0.25) is 9.69 Å². The predicted octanol–water partition coefficient (Wildman–Crippen LogP) is 2.00. The zero-order valence-corrected chi connectivity index (χ0v) is 13.1. The summed E-state index contributed by atoms with van der Waals surface area (Å²) in [6.45, 7) is 5.89. The Bertz CT molecular complexity index is 545. The first kappa shape index (κ1) is 14.4. The number of hydrogen-bond acceptors (Lipinski definition) is 3. The van der Waals surface area contributed by atoms with E-state index in [1.165, 1.54) is 5.56 Å². The summed E-state index contributed by atoms with van der Waals surface area (Å²) in [6, 6.07) is 8.20. The number of carbonyl (C=O) groups excluding carboxylic acids is 1. The summed E-state index contributed by atoms with van der Waals surface area (Å²) < 4.78 is 5.29. The third kappa shape index (κ3) is 2.42. The van der Waals surface area contributed by atoms with Gasteiger partial charge in [0.25, 0.3) is 0 Å². The smallest absolute Gasteiger partial charge is 0.230 e. The van der Waals surface area contributed by atoms with Gasteiger partial charge in [-0.1, -0.05) is 19.1 Å². The average Bonchev–Trinajstić information content (AvgIpc) is 2.94. The van der Waals surface area contributed by atoms with Crippen LogP contribution in [-0.4, -0.2) is 49.5 Å². The largest absolute Gasteiger partial charge is 0.497 e. The lowest BCUT2D eigenvalue weighted by Gasteiger charge is -2.25. The van der Waals surface area contributed by atoms with Crippen LogP contribution in [0.25, 0.3) is 0 Å². The number of likely N-dealkylation sites (tertiary alicyclic amines) is 2. The minimum absolute atomic E-state index is 0.145. The third-order valence-corrected chi connectivity index (χ3v) is 5.19. The molecule has 21 heavy (non-hydrogen) atoms. The predicted molar refractivity (Wildman–Crippen MR) is 82.1 cm³/mol. The molecule has 0 unspecified atom stereocenters. The maximum absolute atomic E-state index is 12.5. The lowest BCUT2D eigenvalue weighted by Crippen LogP contribution is -2.38. The second-order valence-electron chi connectivity index (χ2n) is 6.56. The Kier molecular flexibility index (Phi) is 3.66. The van der Waals surface area contributed by atoms with E-state index in [1.807, 2.05) is 24.1 Å². The molecule has 0 bridgehead atoms. The van der Waals surface area contributed by atoms with E-state index < -0.39 is 0 Å². The molecule has 1 aromatic carbocycles. The molecule has 4 heteroatoms. The Balaban J connectivity index is 1.73. The van der Waals surface area contributed by atoms with Crippen LogP contribution in [0.5, 0.6) is 5.75 Å². The minimum atomic E-state index is -0.145. The molecule has 1 amide bonds. The normalized spacial score (nSPS) is 29.6. The molecule has 2 aliphatic heterocycles. The van der Waals surface area contributed by atoms with Crippen LogP contribution in [0, 0.1) is 11.3 Å². The van der Waals surface area contributed by atoms with Crippen molar-refractivity contribution in [1.29, 1.82) is 0 Å². The maximum atomic E-state index is 12.5. The molecule has 0 N–H and O–H groups in total. The fourth-order valence-electron chi connectivity index (χ4n) is 3.89. The summed E-state index contributed by atoms with van der Waals surface area (Å²) in [5, 5.41) is 0. The second-order valence-corrected chi connectivity index (χ2v) is 6.56. The highest BCUT2D eigenvalue weighted by Crippen LogP contribution is 2.44. The number of methoxy groups -OCH3 is 1. The van der Waals surface area contributed by atoms with Crippen molar-refractivity contribution in [3.05, 3.63) is 29.8 Å². The lowest BCUT2D eigenvalue weighted by molar-refractivity contribution is -0.135. The summed E-state index contributed by atoms with van der Waals surface area (Å²) in [5.41, 5.74) is 1.10. The molecule has 2 heterocycles. The molecular weight excluding hydrogens is 264 g/mol. The van der Waals surface area contributed by atoms with Gasteiger partial charge >= 0.3 is 0 Å². The summed E-state index contributed by atoms with van der Waals surface area (Å²) in [7, 11) is 3.62. The Morgan fingerprint density at radius 1 is 1.43 bits per heavy atom. The number of hydrogen-bond donors (Lipinski definition) is 0. The highest BCUT2D eigenvalue weighted by Gasteiger charge is 2.53. The third-order valence-electron chi connectivity index (χ3n) is 5.19. The van der Waals surface area contributed by atoms with Crippen LogP contribution in [0.15, 0.2) is 24.3 Å². The van der Waals surface area contributed by atoms with Crippen LogP contribution < -0.4 is 4.74 Å². The second kappa shape index (κ2) is 5.34. The molecule has 2 saturated heterocycles. The van der Waals surface area contributed by atoms with Gasteiger partial charge in [0, 0.05) is 33.2 Å². The minimum Gasteiger partial charge on any atom is -0.497 e. The first-order valence-corrected chi connectivity index (χ1v) is 7.66. The number of benzene rings is 1. The lowest BCUT2D eigenvalue weighted by atomic mass is 9.78. The fourth-order valence-corrected chi connectivity index (χ4v) is 3.89. The van der Waals surface area contributed by atoms with Crippen molar-refractivity contribution in [3.8, 4) is 5.75 Å². The van der Waals surface area contributed by atoms with Crippen LogP contribution in [0.1, 0.15) is 18.9 Å². The van der Waals surface area contributed by atoms with Crippen molar-refractivity contribution >= 4 is 5.91 Å². The van der Waals surface area contributed by atoms with E-state index in [0.717, 1.165) is 38.3 Å².